The summed E-state index contributed by atoms with van der Waals surface area (Å²) in [6, 6.07) is 4.69. The van der Waals surface area contributed by atoms with E-state index >= 15 is 0 Å². The van der Waals surface area contributed by atoms with Gasteiger partial charge in [-0.15, -0.1) is 0 Å². The van der Waals surface area contributed by atoms with Crippen molar-refractivity contribution < 1.29 is 0 Å². The zero-order valence-electron chi connectivity index (χ0n) is 17.4. The standard InChI is InChI=1S/C22H32N6/c1-17-18(2)24-21(19-7-6-9-23-15-19)25-22(17)28-13-11-27(12-14-28)16-20-8-4-5-10-26(20)3/h6-7,9,15,20H,4-5,8,10-14,16H2,1-3H3. The molecular weight excluding hydrogens is 348 g/mol. The summed E-state index contributed by atoms with van der Waals surface area (Å²) in [4.78, 5) is 21.5. The normalized spacial score (nSPS) is 21.8. The lowest BCUT2D eigenvalue weighted by atomic mass is 10.0. The van der Waals surface area contributed by atoms with Crippen LogP contribution in [-0.2, 0) is 0 Å². The quantitative estimate of drug-likeness (QED) is 0.813. The van der Waals surface area contributed by atoms with Crippen molar-refractivity contribution in [3.05, 3.63) is 35.8 Å². The number of pyridine rings is 1. The lowest BCUT2D eigenvalue weighted by Gasteiger charge is -2.40. The monoisotopic (exact) mass is 380 g/mol. The number of piperazine rings is 1. The molecule has 0 bridgehead atoms. The molecule has 0 N–H and O–H groups in total. The number of hydrogen-bond acceptors (Lipinski definition) is 6. The van der Waals surface area contributed by atoms with E-state index in [4.69, 9.17) is 9.97 Å². The summed E-state index contributed by atoms with van der Waals surface area (Å²) >= 11 is 0. The smallest absolute Gasteiger partial charge is 0.163 e. The third kappa shape index (κ3) is 4.18. The topological polar surface area (TPSA) is 48.4 Å². The Bertz CT molecular complexity index is 785. The Hall–Kier alpha value is -2.05. The molecule has 150 valence electrons. The summed E-state index contributed by atoms with van der Waals surface area (Å²) < 4.78 is 0. The second-order valence-electron chi connectivity index (χ2n) is 8.24. The van der Waals surface area contributed by atoms with Gasteiger partial charge in [-0.05, 0) is 52.4 Å². The number of likely N-dealkylation sites (N-methyl/N-ethyl adjacent to an activating group) is 1. The molecule has 2 aliphatic rings. The molecule has 0 radical (unpaired) electrons. The number of nitrogens with zero attached hydrogens (tertiary/aromatic N) is 6. The zero-order chi connectivity index (χ0) is 19.5. The molecule has 4 heterocycles. The van der Waals surface area contributed by atoms with Gasteiger partial charge in [-0.3, -0.25) is 9.88 Å². The Kier molecular flexibility index (Phi) is 5.87. The van der Waals surface area contributed by atoms with Crippen LogP contribution in [0, 0.1) is 13.8 Å². The summed E-state index contributed by atoms with van der Waals surface area (Å²) in [5, 5.41) is 0. The van der Waals surface area contributed by atoms with E-state index in [0.29, 0.717) is 0 Å². The third-order valence-electron chi connectivity index (χ3n) is 6.35. The summed E-state index contributed by atoms with van der Waals surface area (Å²) in [7, 11) is 2.28. The maximum atomic E-state index is 4.93. The van der Waals surface area contributed by atoms with Crippen LogP contribution in [0.5, 0.6) is 0 Å². The van der Waals surface area contributed by atoms with E-state index < -0.39 is 0 Å². The van der Waals surface area contributed by atoms with Crippen LogP contribution < -0.4 is 4.90 Å². The molecule has 2 aliphatic heterocycles. The molecule has 2 aromatic heterocycles. The fraction of sp³-hybridized carbons (Fsp3) is 0.591. The van der Waals surface area contributed by atoms with Crippen LogP contribution in [-0.4, -0.2) is 77.1 Å². The van der Waals surface area contributed by atoms with E-state index in [1.54, 1.807) is 6.20 Å². The molecule has 2 saturated heterocycles. The molecule has 0 aliphatic carbocycles. The van der Waals surface area contributed by atoms with Crippen LogP contribution >= 0.6 is 0 Å². The number of piperidine rings is 1. The van der Waals surface area contributed by atoms with Crippen LogP contribution in [0.3, 0.4) is 0 Å². The van der Waals surface area contributed by atoms with Gasteiger partial charge in [0.05, 0.1) is 0 Å². The van der Waals surface area contributed by atoms with E-state index in [-0.39, 0.29) is 0 Å². The van der Waals surface area contributed by atoms with Crippen molar-refractivity contribution in [3.8, 4) is 11.4 Å². The minimum Gasteiger partial charge on any atom is -0.354 e. The highest BCUT2D eigenvalue weighted by molar-refractivity contribution is 5.59. The van der Waals surface area contributed by atoms with E-state index in [1.807, 2.05) is 18.3 Å². The average Bonchev–Trinajstić information content (AvgIpc) is 2.73. The van der Waals surface area contributed by atoms with Gasteiger partial charge < -0.3 is 9.80 Å². The van der Waals surface area contributed by atoms with Crippen molar-refractivity contribution in [1.82, 2.24) is 24.8 Å². The van der Waals surface area contributed by atoms with E-state index in [2.05, 4.69) is 40.6 Å². The van der Waals surface area contributed by atoms with Crippen LogP contribution in [0.25, 0.3) is 11.4 Å². The van der Waals surface area contributed by atoms with Crippen molar-refractivity contribution in [2.24, 2.45) is 0 Å². The first-order chi connectivity index (χ1) is 13.6. The molecule has 28 heavy (non-hydrogen) atoms. The molecule has 1 unspecified atom stereocenters. The molecule has 6 heteroatoms. The number of hydrogen-bond donors (Lipinski definition) is 0. The SMILES string of the molecule is Cc1nc(-c2cccnc2)nc(N2CCN(CC3CCCCN3C)CC2)c1C. The van der Waals surface area contributed by atoms with Gasteiger partial charge in [-0.25, -0.2) is 9.97 Å². The predicted octanol–water partition coefficient (Wildman–Crippen LogP) is 2.76. The highest BCUT2D eigenvalue weighted by atomic mass is 15.3. The number of likely N-dealkylation sites (tertiary alicyclic amines) is 1. The molecule has 0 spiro atoms. The summed E-state index contributed by atoms with van der Waals surface area (Å²) in [6.45, 7) is 10.9. The number of rotatable bonds is 4. The van der Waals surface area contributed by atoms with Crippen molar-refractivity contribution in [1.29, 1.82) is 0 Å². The van der Waals surface area contributed by atoms with Gasteiger partial charge in [0.2, 0.25) is 0 Å². The van der Waals surface area contributed by atoms with Gasteiger partial charge in [0.15, 0.2) is 5.82 Å². The first kappa shape index (κ1) is 19.3. The molecule has 4 rings (SSSR count). The second-order valence-corrected chi connectivity index (χ2v) is 8.24. The van der Waals surface area contributed by atoms with Gasteiger partial charge in [0.1, 0.15) is 5.82 Å². The van der Waals surface area contributed by atoms with Crippen molar-refractivity contribution in [3.63, 3.8) is 0 Å². The Morgan fingerprint density at radius 2 is 1.86 bits per heavy atom. The molecule has 0 aromatic carbocycles. The van der Waals surface area contributed by atoms with Crippen LogP contribution in [0.4, 0.5) is 5.82 Å². The number of aromatic nitrogens is 3. The summed E-state index contributed by atoms with van der Waals surface area (Å²) in [5.74, 6) is 1.86. The average molecular weight is 381 g/mol. The maximum absolute atomic E-state index is 4.93. The molecule has 6 nitrogen and oxygen atoms in total. The van der Waals surface area contributed by atoms with Gasteiger partial charge in [-0.1, -0.05) is 6.42 Å². The van der Waals surface area contributed by atoms with Crippen LogP contribution in [0.15, 0.2) is 24.5 Å². The van der Waals surface area contributed by atoms with Gasteiger partial charge >= 0.3 is 0 Å². The lowest BCUT2D eigenvalue weighted by molar-refractivity contribution is 0.124. The first-order valence-electron chi connectivity index (χ1n) is 10.5. The highest BCUT2D eigenvalue weighted by Crippen LogP contribution is 2.25. The molecule has 2 aromatic rings. The molecule has 2 fully saturated rings. The number of aryl methyl sites for hydroxylation is 1. The fourth-order valence-electron chi connectivity index (χ4n) is 4.36. The first-order valence-corrected chi connectivity index (χ1v) is 10.5. The van der Waals surface area contributed by atoms with Crippen LogP contribution in [0.2, 0.25) is 0 Å². The van der Waals surface area contributed by atoms with Crippen molar-refractivity contribution >= 4 is 5.82 Å². The summed E-state index contributed by atoms with van der Waals surface area (Å²) in [6.07, 6.45) is 7.70. The van der Waals surface area contributed by atoms with Crippen molar-refractivity contribution in [2.45, 2.75) is 39.2 Å². The lowest BCUT2D eigenvalue weighted by Crippen LogP contribution is -2.52. The minimum absolute atomic E-state index is 0.723. The molecular formula is C22H32N6. The maximum Gasteiger partial charge on any atom is 0.163 e. The largest absolute Gasteiger partial charge is 0.354 e. The Balaban J connectivity index is 1.45. The highest BCUT2D eigenvalue weighted by Gasteiger charge is 2.25. The van der Waals surface area contributed by atoms with E-state index in [9.17, 15) is 0 Å². The van der Waals surface area contributed by atoms with E-state index in [1.165, 1.54) is 37.9 Å². The Morgan fingerprint density at radius 3 is 2.57 bits per heavy atom. The third-order valence-corrected chi connectivity index (χ3v) is 6.35. The minimum atomic E-state index is 0.723. The van der Waals surface area contributed by atoms with Gasteiger partial charge in [-0.2, -0.15) is 0 Å². The fourth-order valence-corrected chi connectivity index (χ4v) is 4.36. The number of anilines is 1. The zero-order valence-corrected chi connectivity index (χ0v) is 17.4. The summed E-state index contributed by atoms with van der Waals surface area (Å²) in [5.41, 5.74) is 3.22. The van der Waals surface area contributed by atoms with Gasteiger partial charge in [0, 0.05) is 68.0 Å². The molecule has 1 atom stereocenters. The van der Waals surface area contributed by atoms with Gasteiger partial charge in [0.25, 0.3) is 0 Å². The van der Waals surface area contributed by atoms with E-state index in [0.717, 1.165) is 55.1 Å². The Labute approximate surface area is 168 Å². The van der Waals surface area contributed by atoms with Crippen molar-refractivity contribution in [2.75, 3.05) is 51.2 Å². The predicted molar refractivity (Wildman–Crippen MR) is 114 cm³/mol. The Morgan fingerprint density at radius 1 is 1.04 bits per heavy atom. The molecule has 0 amide bonds. The second kappa shape index (κ2) is 8.53. The molecule has 0 saturated carbocycles. The van der Waals surface area contributed by atoms with Crippen LogP contribution in [0.1, 0.15) is 30.5 Å².